The Morgan fingerprint density at radius 2 is 2.16 bits per heavy atom. The van der Waals surface area contributed by atoms with Crippen molar-refractivity contribution in [2.75, 3.05) is 0 Å². The molecule has 3 unspecified atom stereocenters. The van der Waals surface area contributed by atoms with Gasteiger partial charge in [-0.05, 0) is 37.0 Å². The van der Waals surface area contributed by atoms with Crippen molar-refractivity contribution in [3.05, 3.63) is 18.0 Å². The molecular weight excluding hydrogens is 257 g/mol. The molecule has 2 bridgehead atoms. The van der Waals surface area contributed by atoms with Crippen LogP contribution in [0.1, 0.15) is 36.0 Å². The molecule has 0 saturated heterocycles. The lowest BCUT2D eigenvalue weighted by Crippen LogP contribution is -2.22. The quantitative estimate of drug-likeness (QED) is 0.793. The van der Waals surface area contributed by atoms with Crippen LogP contribution in [-0.2, 0) is 6.54 Å². The number of hydrogen-bond donors (Lipinski definition) is 0. The SMILES string of the molecule is O=C(c1cnn(CC2CC3CCC2C3)c1)C(F)(F)F. The van der Waals surface area contributed by atoms with E-state index >= 15 is 0 Å². The molecule has 0 aromatic carbocycles. The first-order chi connectivity index (χ1) is 8.93. The number of hydrogen-bond acceptors (Lipinski definition) is 2. The number of ketones is 1. The molecule has 104 valence electrons. The highest BCUT2D eigenvalue weighted by molar-refractivity contribution is 5.99. The van der Waals surface area contributed by atoms with Crippen molar-refractivity contribution in [2.45, 2.75) is 38.4 Å². The van der Waals surface area contributed by atoms with Crippen molar-refractivity contribution in [1.29, 1.82) is 0 Å². The summed E-state index contributed by atoms with van der Waals surface area (Å²) >= 11 is 0. The number of carbonyl (C=O) groups excluding carboxylic acids is 1. The molecule has 0 aliphatic heterocycles. The molecule has 2 aliphatic rings. The van der Waals surface area contributed by atoms with Crippen LogP contribution in [0.2, 0.25) is 0 Å². The average molecular weight is 272 g/mol. The van der Waals surface area contributed by atoms with Crippen LogP contribution in [0.5, 0.6) is 0 Å². The van der Waals surface area contributed by atoms with Gasteiger partial charge in [0.15, 0.2) is 0 Å². The van der Waals surface area contributed by atoms with Gasteiger partial charge in [0.25, 0.3) is 5.78 Å². The van der Waals surface area contributed by atoms with E-state index < -0.39 is 12.0 Å². The Morgan fingerprint density at radius 3 is 2.74 bits per heavy atom. The third-order valence-electron chi connectivity index (χ3n) is 4.46. The molecule has 1 aromatic rings. The molecule has 0 N–H and O–H groups in total. The van der Waals surface area contributed by atoms with Gasteiger partial charge in [0.1, 0.15) is 0 Å². The zero-order valence-corrected chi connectivity index (χ0v) is 10.4. The number of rotatable bonds is 3. The maximum Gasteiger partial charge on any atom is 0.454 e. The summed E-state index contributed by atoms with van der Waals surface area (Å²) in [6.07, 6.45) is 2.33. The highest BCUT2D eigenvalue weighted by atomic mass is 19.4. The monoisotopic (exact) mass is 272 g/mol. The molecule has 19 heavy (non-hydrogen) atoms. The summed E-state index contributed by atoms with van der Waals surface area (Å²) < 4.78 is 38.3. The van der Waals surface area contributed by atoms with E-state index in [0.717, 1.165) is 18.5 Å². The summed E-state index contributed by atoms with van der Waals surface area (Å²) in [4.78, 5) is 11.1. The van der Waals surface area contributed by atoms with Crippen LogP contribution in [0.25, 0.3) is 0 Å². The first-order valence-corrected chi connectivity index (χ1v) is 6.57. The first kappa shape index (κ1) is 12.7. The van der Waals surface area contributed by atoms with Crippen molar-refractivity contribution in [3.63, 3.8) is 0 Å². The van der Waals surface area contributed by atoms with Gasteiger partial charge in [0, 0.05) is 12.7 Å². The lowest BCUT2D eigenvalue weighted by molar-refractivity contribution is -0.0885. The van der Waals surface area contributed by atoms with E-state index in [2.05, 4.69) is 5.10 Å². The van der Waals surface area contributed by atoms with Gasteiger partial charge < -0.3 is 0 Å². The minimum Gasteiger partial charge on any atom is -0.284 e. The molecule has 1 aromatic heterocycles. The number of aromatic nitrogens is 2. The summed E-state index contributed by atoms with van der Waals surface area (Å²) in [5.74, 6) is 0.178. The van der Waals surface area contributed by atoms with E-state index in [1.54, 1.807) is 0 Å². The fourth-order valence-corrected chi connectivity index (χ4v) is 3.58. The number of halogens is 3. The third-order valence-corrected chi connectivity index (χ3v) is 4.46. The fourth-order valence-electron chi connectivity index (χ4n) is 3.58. The van der Waals surface area contributed by atoms with Gasteiger partial charge in [0.2, 0.25) is 0 Å². The zero-order valence-electron chi connectivity index (χ0n) is 10.4. The van der Waals surface area contributed by atoms with Gasteiger partial charge in [-0.3, -0.25) is 9.48 Å². The predicted molar refractivity (Wildman–Crippen MR) is 61.6 cm³/mol. The van der Waals surface area contributed by atoms with Crippen LogP contribution >= 0.6 is 0 Å². The second kappa shape index (κ2) is 4.35. The summed E-state index contributed by atoms with van der Waals surface area (Å²) in [5, 5.41) is 3.89. The zero-order chi connectivity index (χ0) is 13.6. The molecule has 2 saturated carbocycles. The largest absolute Gasteiger partial charge is 0.454 e. The van der Waals surface area contributed by atoms with Gasteiger partial charge in [0.05, 0.1) is 11.8 Å². The van der Waals surface area contributed by atoms with Gasteiger partial charge in [-0.2, -0.15) is 18.3 Å². The Bertz CT molecular complexity index is 494. The summed E-state index contributed by atoms with van der Waals surface area (Å²) in [6, 6.07) is 0. The van der Waals surface area contributed by atoms with E-state index in [-0.39, 0.29) is 5.56 Å². The van der Waals surface area contributed by atoms with Gasteiger partial charge in [-0.1, -0.05) is 6.42 Å². The Hall–Kier alpha value is -1.33. The van der Waals surface area contributed by atoms with Crippen LogP contribution in [0.15, 0.2) is 12.4 Å². The standard InChI is InChI=1S/C13H15F3N2O/c14-13(15,16)12(19)11-5-17-18(7-11)6-10-4-8-1-2-9(10)3-8/h5,7-10H,1-4,6H2. The summed E-state index contributed by atoms with van der Waals surface area (Å²) in [5.41, 5.74) is -0.365. The third kappa shape index (κ3) is 2.40. The highest BCUT2D eigenvalue weighted by Crippen LogP contribution is 2.48. The van der Waals surface area contributed by atoms with E-state index in [1.165, 1.54) is 30.1 Å². The van der Waals surface area contributed by atoms with Crippen LogP contribution in [0.4, 0.5) is 13.2 Å². The fraction of sp³-hybridized carbons (Fsp3) is 0.692. The number of alkyl halides is 3. The maximum absolute atomic E-state index is 12.3. The van der Waals surface area contributed by atoms with Crippen molar-refractivity contribution in [1.82, 2.24) is 9.78 Å². The molecule has 1 heterocycles. The number of fused-ring (bicyclic) bond motifs is 2. The molecule has 2 fully saturated rings. The van der Waals surface area contributed by atoms with Gasteiger partial charge >= 0.3 is 6.18 Å². The van der Waals surface area contributed by atoms with Crippen molar-refractivity contribution in [3.8, 4) is 0 Å². The van der Waals surface area contributed by atoms with Gasteiger partial charge in [-0.25, -0.2) is 0 Å². The van der Waals surface area contributed by atoms with Gasteiger partial charge in [-0.15, -0.1) is 0 Å². The van der Waals surface area contributed by atoms with E-state index in [9.17, 15) is 18.0 Å². The van der Waals surface area contributed by atoms with Crippen LogP contribution in [0, 0.1) is 17.8 Å². The minimum atomic E-state index is -4.82. The van der Waals surface area contributed by atoms with Crippen LogP contribution in [-0.4, -0.2) is 21.7 Å². The van der Waals surface area contributed by atoms with E-state index in [1.807, 2.05) is 0 Å². The lowest BCUT2D eigenvalue weighted by Gasteiger charge is -2.21. The van der Waals surface area contributed by atoms with Crippen LogP contribution in [0.3, 0.4) is 0 Å². The first-order valence-electron chi connectivity index (χ1n) is 6.57. The maximum atomic E-state index is 12.3. The number of carbonyl (C=O) groups is 1. The lowest BCUT2D eigenvalue weighted by atomic mass is 9.89. The number of Topliss-reactive ketones (excluding diaryl/α,β-unsaturated/α-hetero) is 1. The number of nitrogens with zero attached hydrogens (tertiary/aromatic N) is 2. The van der Waals surface area contributed by atoms with Crippen LogP contribution < -0.4 is 0 Å². The molecule has 0 amide bonds. The Morgan fingerprint density at radius 1 is 1.37 bits per heavy atom. The Balaban J connectivity index is 1.67. The molecule has 6 heteroatoms. The molecule has 3 atom stereocenters. The van der Waals surface area contributed by atoms with E-state index in [0.29, 0.717) is 18.4 Å². The molecule has 3 nitrogen and oxygen atoms in total. The van der Waals surface area contributed by atoms with Crippen molar-refractivity contribution in [2.24, 2.45) is 17.8 Å². The topological polar surface area (TPSA) is 34.9 Å². The summed E-state index contributed by atoms with van der Waals surface area (Å²) in [6.45, 7) is 0.631. The molecular formula is C13H15F3N2O. The Labute approximate surface area is 108 Å². The predicted octanol–water partition coefficient (Wildman–Crippen LogP) is 3.06. The second-order valence-corrected chi connectivity index (χ2v) is 5.71. The molecule has 0 radical (unpaired) electrons. The highest BCUT2D eigenvalue weighted by Gasteiger charge is 2.41. The average Bonchev–Trinajstić information content (AvgIpc) is 3.02. The molecule has 0 spiro atoms. The van der Waals surface area contributed by atoms with E-state index in [4.69, 9.17) is 0 Å². The smallest absolute Gasteiger partial charge is 0.284 e. The van der Waals surface area contributed by atoms with Crippen molar-refractivity contribution >= 4 is 5.78 Å². The normalized spacial score (nSPS) is 29.9. The van der Waals surface area contributed by atoms with Crippen molar-refractivity contribution < 1.29 is 18.0 Å². The second-order valence-electron chi connectivity index (χ2n) is 5.71. The minimum absolute atomic E-state index is 0.365. The molecule has 3 rings (SSSR count). The Kier molecular flexibility index (Phi) is 2.91. The molecule has 2 aliphatic carbocycles. The summed E-state index contributed by atoms with van der Waals surface area (Å²) in [7, 11) is 0.